The predicted molar refractivity (Wildman–Crippen MR) is 90.8 cm³/mol. The molecule has 3 nitrogen and oxygen atoms in total. The van der Waals surface area contributed by atoms with Gasteiger partial charge in [-0.3, -0.25) is 4.99 Å². The number of hydrogen-bond acceptors (Lipinski definition) is 1. The van der Waals surface area contributed by atoms with Crippen molar-refractivity contribution >= 4 is 5.96 Å². The summed E-state index contributed by atoms with van der Waals surface area (Å²) in [6.07, 6.45) is 2.60. The van der Waals surface area contributed by atoms with Gasteiger partial charge in [0.1, 0.15) is 0 Å². The van der Waals surface area contributed by atoms with Crippen LogP contribution in [0.3, 0.4) is 0 Å². The number of nitrogens with one attached hydrogen (secondary N) is 1. The molecule has 1 fully saturated rings. The van der Waals surface area contributed by atoms with Crippen molar-refractivity contribution in [2.45, 2.75) is 39.0 Å². The van der Waals surface area contributed by atoms with Crippen molar-refractivity contribution in [2.75, 3.05) is 26.7 Å². The molecule has 3 heteroatoms. The lowest BCUT2D eigenvalue weighted by molar-refractivity contribution is 0.264. The normalized spacial score (nSPS) is 20.5. The molecule has 0 radical (unpaired) electrons. The minimum absolute atomic E-state index is 0.0958. The number of likely N-dealkylation sites (tertiary alicyclic amines) is 1. The minimum atomic E-state index is 0.0958. The van der Waals surface area contributed by atoms with Gasteiger partial charge in [0.2, 0.25) is 0 Å². The largest absolute Gasteiger partial charge is 0.355 e. The van der Waals surface area contributed by atoms with Crippen LogP contribution in [0.2, 0.25) is 0 Å². The van der Waals surface area contributed by atoms with Crippen LogP contribution in [-0.2, 0) is 5.41 Å². The molecule has 0 saturated carbocycles. The highest BCUT2D eigenvalue weighted by Gasteiger charge is 2.23. The summed E-state index contributed by atoms with van der Waals surface area (Å²) in [4.78, 5) is 6.87. The first-order valence-corrected chi connectivity index (χ1v) is 8.04. The summed E-state index contributed by atoms with van der Waals surface area (Å²) in [5, 5.41) is 3.57. The first-order valence-electron chi connectivity index (χ1n) is 8.04. The van der Waals surface area contributed by atoms with Gasteiger partial charge in [-0.1, -0.05) is 51.1 Å². The van der Waals surface area contributed by atoms with E-state index in [1.165, 1.54) is 18.4 Å². The van der Waals surface area contributed by atoms with Crippen molar-refractivity contribution in [1.82, 2.24) is 10.2 Å². The van der Waals surface area contributed by atoms with E-state index in [1.54, 1.807) is 0 Å². The third-order valence-electron chi connectivity index (χ3n) is 4.41. The van der Waals surface area contributed by atoms with Crippen LogP contribution >= 0.6 is 0 Å². The Labute approximate surface area is 129 Å². The van der Waals surface area contributed by atoms with Gasteiger partial charge in [-0.2, -0.15) is 0 Å². The third-order valence-corrected chi connectivity index (χ3v) is 4.41. The van der Waals surface area contributed by atoms with Gasteiger partial charge in [-0.25, -0.2) is 0 Å². The van der Waals surface area contributed by atoms with Gasteiger partial charge < -0.3 is 10.2 Å². The zero-order valence-corrected chi connectivity index (χ0v) is 13.9. The summed E-state index contributed by atoms with van der Waals surface area (Å²) in [6.45, 7) is 10.0. The van der Waals surface area contributed by atoms with Crippen LogP contribution in [0.5, 0.6) is 0 Å². The Balaban J connectivity index is 1.97. The molecule has 0 bridgehead atoms. The second-order valence-electron chi connectivity index (χ2n) is 6.84. The van der Waals surface area contributed by atoms with Gasteiger partial charge in [0.25, 0.3) is 0 Å². The van der Waals surface area contributed by atoms with Gasteiger partial charge in [-0.15, -0.1) is 0 Å². The number of hydrogen-bond donors (Lipinski definition) is 1. The summed E-state index contributed by atoms with van der Waals surface area (Å²) in [5.41, 5.74) is 1.46. The Hall–Kier alpha value is -1.51. The predicted octanol–water partition coefficient (Wildman–Crippen LogP) is 3.27. The van der Waals surface area contributed by atoms with Crippen molar-refractivity contribution < 1.29 is 0 Å². The highest BCUT2D eigenvalue weighted by molar-refractivity contribution is 5.80. The fraction of sp³-hybridized carbons (Fsp3) is 0.611. The summed E-state index contributed by atoms with van der Waals surface area (Å²) < 4.78 is 0. The molecule has 0 spiro atoms. The lowest BCUT2D eigenvalue weighted by Gasteiger charge is -2.35. The summed E-state index contributed by atoms with van der Waals surface area (Å²) in [5.74, 6) is 1.81. The third kappa shape index (κ3) is 4.23. The van der Waals surface area contributed by atoms with Crippen molar-refractivity contribution in [3.63, 3.8) is 0 Å². The molecule has 2 rings (SSSR count). The van der Waals surface area contributed by atoms with E-state index in [1.807, 2.05) is 7.05 Å². The van der Waals surface area contributed by atoms with E-state index >= 15 is 0 Å². The maximum absolute atomic E-state index is 4.47. The van der Waals surface area contributed by atoms with Crippen LogP contribution in [0.1, 0.15) is 39.2 Å². The van der Waals surface area contributed by atoms with E-state index in [9.17, 15) is 0 Å². The molecule has 1 aromatic rings. The smallest absolute Gasteiger partial charge is 0.193 e. The Morgan fingerprint density at radius 1 is 1.33 bits per heavy atom. The molecule has 1 unspecified atom stereocenters. The van der Waals surface area contributed by atoms with Gasteiger partial charge in [0.15, 0.2) is 5.96 Å². The monoisotopic (exact) mass is 287 g/mol. The van der Waals surface area contributed by atoms with E-state index < -0.39 is 0 Å². The molecule has 21 heavy (non-hydrogen) atoms. The van der Waals surface area contributed by atoms with Crippen LogP contribution in [0.4, 0.5) is 0 Å². The highest BCUT2D eigenvalue weighted by Crippen LogP contribution is 2.22. The van der Waals surface area contributed by atoms with Crippen LogP contribution in [0, 0.1) is 5.92 Å². The van der Waals surface area contributed by atoms with E-state index in [0.29, 0.717) is 0 Å². The van der Waals surface area contributed by atoms with E-state index in [2.05, 4.69) is 66.3 Å². The van der Waals surface area contributed by atoms with Gasteiger partial charge in [-0.05, 0) is 24.3 Å². The quantitative estimate of drug-likeness (QED) is 0.682. The Bertz CT molecular complexity index is 465. The molecule has 1 heterocycles. The number of piperidine rings is 1. The second-order valence-corrected chi connectivity index (χ2v) is 6.84. The maximum Gasteiger partial charge on any atom is 0.193 e. The lowest BCUT2D eigenvalue weighted by Crippen LogP contribution is -2.49. The summed E-state index contributed by atoms with van der Waals surface area (Å²) in [7, 11) is 1.89. The van der Waals surface area contributed by atoms with E-state index in [4.69, 9.17) is 0 Å². The molecular formula is C18H29N3. The van der Waals surface area contributed by atoms with E-state index in [0.717, 1.165) is 31.5 Å². The molecule has 1 atom stereocenters. The van der Waals surface area contributed by atoms with Gasteiger partial charge >= 0.3 is 0 Å². The average molecular weight is 287 g/mol. The molecule has 1 aliphatic heterocycles. The van der Waals surface area contributed by atoms with E-state index in [-0.39, 0.29) is 5.41 Å². The van der Waals surface area contributed by atoms with Crippen LogP contribution < -0.4 is 5.32 Å². The van der Waals surface area contributed by atoms with Crippen LogP contribution in [-0.4, -0.2) is 37.5 Å². The first-order chi connectivity index (χ1) is 10.0. The standard InChI is InChI=1S/C18H29N3/c1-15-9-8-12-21(13-15)17(19-4)20-14-18(2,3)16-10-6-5-7-11-16/h5-7,10-11,15H,8-9,12-14H2,1-4H3,(H,19,20). The molecular weight excluding hydrogens is 258 g/mol. The molecule has 1 N–H and O–H groups in total. The Kier molecular flexibility index (Phi) is 5.27. The number of aliphatic imine (C=N–C) groups is 1. The maximum atomic E-state index is 4.47. The minimum Gasteiger partial charge on any atom is -0.355 e. The molecule has 0 aromatic heterocycles. The van der Waals surface area contributed by atoms with Crippen molar-refractivity contribution in [3.05, 3.63) is 35.9 Å². The van der Waals surface area contributed by atoms with Crippen molar-refractivity contribution in [1.29, 1.82) is 0 Å². The first kappa shape index (κ1) is 15.9. The fourth-order valence-electron chi connectivity index (χ4n) is 3.01. The molecule has 1 aliphatic rings. The van der Waals surface area contributed by atoms with Gasteiger partial charge in [0.05, 0.1) is 0 Å². The van der Waals surface area contributed by atoms with Crippen molar-refractivity contribution in [3.8, 4) is 0 Å². The topological polar surface area (TPSA) is 27.6 Å². The Morgan fingerprint density at radius 3 is 2.67 bits per heavy atom. The van der Waals surface area contributed by atoms with Crippen molar-refractivity contribution in [2.24, 2.45) is 10.9 Å². The number of benzene rings is 1. The fourth-order valence-corrected chi connectivity index (χ4v) is 3.01. The molecule has 0 aliphatic carbocycles. The zero-order valence-electron chi connectivity index (χ0n) is 13.9. The number of guanidine groups is 1. The summed E-state index contributed by atoms with van der Waals surface area (Å²) in [6, 6.07) is 10.7. The molecule has 116 valence electrons. The number of nitrogens with zero attached hydrogens (tertiary/aromatic N) is 2. The van der Waals surface area contributed by atoms with Gasteiger partial charge in [0, 0.05) is 32.1 Å². The van der Waals surface area contributed by atoms with Crippen LogP contribution in [0.25, 0.3) is 0 Å². The number of rotatable bonds is 3. The zero-order chi connectivity index (χ0) is 15.3. The van der Waals surface area contributed by atoms with Crippen LogP contribution in [0.15, 0.2) is 35.3 Å². The SMILES string of the molecule is CN=C(NCC(C)(C)c1ccccc1)N1CCCC(C)C1. The molecule has 0 amide bonds. The summed E-state index contributed by atoms with van der Waals surface area (Å²) >= 11 is 0. The lowest BCUT2D eigenvalue weighted by atomic mass is 9.85. The molecule has 1 aromatic carbocycles. The Morgan fingerprint density at radius 2 is 2.05 bits per heavy atom. The second kappa shape index (κ2) is 6.97. The highest BCUT2D eigenvalue weighted by atomic mass is 15.3. The average Bonchev–Trinajstić information content (AvgIpc) is 2.49. The molecule has 1 saturated heterocycles.